The highest BCUT2D eigenvalue weighted by Gasteiger charge is 2.15. The average Bonchev–Trinajstić information content (AvgIpc) is 2.86. The molecule has 0 fully saturated rings. The maximum absolute atomic E-state index is 12.3. The molecule has 108 valence electrons. The fraction of sp³-hybridized carbons (Fsp3) is 0.308. The molecule has 0 bridgehead atoms. The summed E-state index contributed by atoms with van der Waals surface area (Å²) in [5.41, 5.74) is 1.25. The van der Waals surface area contributed by atoms with Crippen LogP contribution in [0.4, 0.5) is 5.69 Å². The van der Waals surface area contributed by atoms with Crippen LogP contribution in [0.3, 0.4) is 0 Å². The van der Waals surface area contributed by atoms with Crippen LogP contribution in [0.5, 0.6) is 0 Å². The van der Waals surface area contributed by atoms with E-state index in [0.29, 0.717) is 18.8 Å². The van der Waals surface area contributed by atoms with Crippen molar-refractivity contribution in [1.82, 2.24) is 9.78 Å². The second-order valence-corrected chi connectivity index (χ2v) is 5.95. The molecule has 1 aromatic carbocycles. The summed E-state index contributed by atoms with van der Waals surface area (Å²) in [6, 6.07) is 6.65. The van der Waals surface area contributed by atoms with Crippen molar-refractivity contribution in [1.29, 1.82) is 0 Å². The summed E-state index contributed by atoms with van der Waals surface area (Å²) in [6.07, 6.45) is 3.14. The van der Waals surface area contributed by atoms with Gasteiger partial charge in [-0.2, -0.15) is 5.10 Å². The lowest BCUT2D eigenvalue weighted by molar-refractivity contribution is 0.184. The topological polar surface area (TPSA) is 73.2 Å². The van der Waals surface area contributed by atoms with Crippen molar-refractivity contribution in [3.05, 3.63) is 42.2 Å². The maximum atomic E-state index is 12.3. The van der Waals surface area contributed by atoms with Gasteiger partial charge >= 0.3 is 0 Å². The van der Waals surface area contributed by atoms with Gasteiger partial charge in [0.25, 0.3) is 10.0 Å². The van der Waals surface area contributed by atoms with Crippen molar-refractivity contribution in [3.8, 4) is 0 Å². The number of hydrogen-bond donors (Lipinski definition) is 1. The Labute approximate surface area is 118 Å². The highest BCUT2D eigenvalue weighted by Crippen LogP contribution is 2.17. The zero-order chi connectivity index (χ0) is 14.6. The molecule has 0 saturated heterocycles. The van der Waals surface area contributed by atoms with Crippen molar-refractivity contribution in [2.75, 3.05) is 11.8 Å². The molecule has 2 aromatic rings. The minimum absolute atomic E-state index is 0.205. The molecule has 20 heavy (non-hydrogen) atoms. The van der Waals surface area contributed by atoms with E-state index in [2.05, 4.69) is 9.82 Å². The summed E-state index contributed by atoms with van der Waals surface area (Å²) in [4.78, 5) is 0.205. The number of rotatable bonds is 6. The van der Waals surface area contributed by atoms with Gasteiger partial charge in [-0.15, -0.1) is 0 Å². The summed E-state index contributed by atoms with van der Waals surface area (Å²) >= 11 is 0. The fourth-order valence-electron chi connectivity index (χ4n) is 1.77. The Balaban J connectivity index is 2.23. The van der Waals surface area contributed by atoms with E-state index < -0.39 is 10.0 Å². The van der Waals surface area contributed by atoms with Crippen molar-refractivity contribution < 1.29 is 13.2 Å². The number of benzene rings is 1. The Kier molecular flexibility index (Phi) is 4.41. The molecule has 6 nitrogen and oxygen atoms in total. The van der Waals surface area contributed by atoms with Crippen LogP contribution in [0.25, 0.3) is 0 Å². The third kappa shape index (κ3) is 3.37. The van der Waals surface area contributed by atoms with Crippen molar-refractivity contribution in [2.24, 2.45) is 0 Å². The first-order valence-electron chi connectivity index (χ1n) is 6.18. The summed E-state index contributed by atoms with van der Waals surface area (Å²) in [7, 11) is -2.04. The van der Waals surface area contributed by atoms with E-state index in [1.165, 1.54) is 6.20 Å². The third-order valence-electron chi connectivity index (χ3n) is 2.73. The molecule has 0 spiro atoms. The van der Waals surface area contributed by atoms with Gasteiger partial charge in [0.15, 0.2) is 0 Å². The standard InChI is InChI=1S/C13H17N3O3S/c1-3-16-9-12(8-14-16)15-20(17,18)13-6-4-5-11(7-13)10-19-2/h4-9,15H,3,10H2,1-2H3. The monoisotopic (exact) mass is 295 g/mol. The number of aromatic nitrogens is 2. The second-order valence-electron chi connectivity index (χ2n) is 4.27. The Morgan fingerprint density at radius 1 is 1.40 bits per heavy atom. The second kappa shape index (κ2) is 6.06. The molecule has 1 aromatic heterocycles. The molecule has 7 heteroatoms. The molecule has 1 N–H and O–H groups in total. The first-order valence-corrected chi connectivity index (χ1v) is 7.66. The average molecular weight is 295 g/mol. The Morgan fingerprint density at radius 3 is 2.85 bits per heavy atom. The molecule has 0 aliphatic rings. The molecule has 0 aliphatic heterocycles. The first kappa shape index (κ1) is 14.5. The minimum atomic E-state index is -3.61. The summed E-state index contributed by atoms with van der Waals surface area (Å²) < 4.78 is 33.7. The van der Waals surface area contributed by atoms with Crippen LogP contribution in [-0.2, 0) is 27.9 Å². The Hall–Kier alpha value is -1.86. The van der Waals surface area contributed by atoms with Gasteiger partial charge in [-0.05, 0) is 24.6 Å². The Bertz CT molecular complexity index is 680. The lowest BCUT2D eigenvalue weighted by Crippen LogP contribution is -2.12. The number of sulfonamides is 1. The van der Waals surface area contributed by atoms with E-state index in [9.17, 15) is 8.42 Å². The molecule has 0 saturated carbocycles. The third-order valence-corrected chi connectivity index (χ3v) is 4.11. The van der Waals surface area contributed by atoms with Gasteiger partial charge in [0.2, 0.25) is 0 Å². The molecular formula is C13H17N3O3S. The molecule has 0 radical (unpaired) electrons. The van der Waals surface area contributed by atoms with Crippen molar-refractivity contribution in [2.45, 2.75) is 25.0 Å². The summed E-state index contributed by atoms with van der Waals surface area (Å²) in [5, 5.41) is 4.03. The van der Waals surface area contributed by atoms with E-state index in [-0.39, 0.29) is 4.90 Å². The van der Waals surface area contributed by atoms with Gasteiger partial charge in [-0.1, -0.05) is 12.1 Å². The van der Waals surface area contributed by atoms with Gasteiger partial charge in [0.1, 0.15) is 0 Å². The van der Waals surface area contributed by atoms with Crippen LogP contribution in [0.15, 0.2) is 41.6 Å². The first-order chi connectivity index (χ1) is 9.55. The fourth-order valence-corrected chi connectivity index (χ4v) is 2.87. The van der Waals surface area contributed by atoms with Crippen molar-refractivity contribution >= 4 is 15.7 Å². The molecule has 0 amide bonds. The number of hydrogen-bond acceptors (Lipinski definition) is 4. The van der Waals surface area contributed by atoms with Crippen LogP contribution < -0.4 is 4.72 Å². The molecule has 0 unspecified atom stereocenters. The van der Waals surface area contributed by atoms with E-state index in [0.717, 1.165) is 5.56 Å². The minimum Gasteiger partial charge on any atom is -0.380 e. The lowest BCUT2D eigenvalue weighted by atomic mass is 10.2. The zero-order valence-corrected chi connectivity index (χ0v) is 12.2. The van der Waals surface area contributed by atoms with Crippen LogP contribution in [-0.4, -0.2) is 25.3 Å². The van der Waals surface area contributed by atoms with Gasteiger partial charge in [0.05, 0.1) is 23.4 Å². The van der Waals surface area contributed by atoms with E-state index >= 15 is 0 Å². The SMILES string of the molecule is CCn1cc(NS(=O)(=O)c2cccc(COC)c2)cn1. The molecule has 0 atom stereocenters. The molecule has 2 rings (SSSR count). The highest BCUT2D eigenvalue weighted by atomic mass is 32.2. The van der Waals surface area contributed by atoms with Gasteiger partial charge < -0.3 is 4.74 Å². The normalized spacial score (nSPS) is 11.5. The van der Waals surface area contributed by atoms with Crippen LogP contribution >= 0.6 is 0 Å². The number of ether oxygens (including phenoxy) is 1. The number of methoxy groups -OCH3 is 1. The van der Waals surface area contributed by atoms with Crippen molar-refractivity contribution in [3.63, 3.8) is 0 Å². The van der Waals surface area contributed by atoms with E-state index in [1.807, 2.05) is 13.0 Å². The predicted molar refractivity (Wildman–Crippen MR) is 75.9 cm³/mol. The number of anilines is 1. The largest absolute Gasteiger partial charge is 0.380 e. The van der Waals surface area contributed by atoms with Crippen LogP contribution in [0, 0.1) is 0 Å². The summed E-state index contributed by atoms with van der Waals surface area (Å²) in [5.74, 6) is 0. The van der Waals surface area contributed by atoms with E-state index in [4.69, 9.17) is 4.74 Å². The molecular weight excluding hydrogens is 278 g/mol. The van der Waals surface area contributed by atoms with E-state index in [1.54, 1.807) is 36.2 Å². The van der Waals surface area contributed by atoms with Gasteiger partial charge in [0, 0.05) is 19.9 Å². The quantitative estimate of drug-likeness (QED) is 0.882. The number of nitrogens with zero attached hydrogens (tertiary/aromatic N) is 2. The van der Waals surface area contributed by atoms with Crippen LogP contribution in [0.2, 0.25) is 0 Å². The van der Waals surface area contributed by atoms with Crippen LogP contribution in [0.1, 0.15) is 12.5 Å². The van der Waals surface area contributed by atoms with Gasteiger partial charge in [-0.25, -0.2) is 8.42 Å². The molecule has 1 heterocycles. The highest BCUT2D eigenvalue weighted by molar-refractivity contribution is 7.92. The number of nitrogens with one attached hydrogen (secondary N) is 1. The number of aryl methyl sites for hydroxylation is 1. The summed E-state index contributed by atoms with van der Waals surface area (Å²) in [6.45, 7) is 2.99. The predicted octanol–water partition coefficient (Wildman–Crippen LogP) is 1.85. The molecule has 0 aliphatic carbocycles. The maximum Gasteiger partial charge on any atom is 0.262 e. The van der Waals surface area contributed by atoms with Gasteiger partial charge in [-0.3, -0.25) is 9.40 Å². The zero-order valence-electron chi connectivity index (χ0n) is 11.4. The Morgan fingerprint density at radius 2 is 2.20 bits per heavy atom. The smallest absolute Gasteiger partial charge is 0.262 e. The lowest BCUT2D eigenvalue weighted by Gasteiger charge is -2.07.